The lowest BCUT2D eigenvalue weighted by Gasteiger charge is -2.36. The average Bonchev–Trinajstić information content (AvgIpc) is 2.71. The molecule has 0 spiro atoms. The summed E-state index contributed by atoms with van der Waals surface area (Å²) in [5.41, 5.74) is 1.13. The van der Waals surface area contributed by atoms with Crippen molar-refractivity contribution in [2.75, 3.05) is 19.0 Å². The Bertz CT molecular complexity index is 833. The Balaban J connectivity index is 1.79. The number of amides is 1. The second-order valence-corrected chi connectivity index (χ2v) is 8.48. The Labute approximate surface area is 182 Å². The molecule has 3 rings (SSSR count). The Hall–Kier alpha value is -1.75. The summed E-state index contributed by atoms with van der Waals surface area (Å²) >= 11 is 12.4. The van der Waals surface area contributed by atoms with Crippen LogP contribution in [-0.2, 0) is 14.9 Å². The van der Waals surface area contributed by atoms with Crippen LogP contribution in [0.1, 0.15) is 44.6 Å². The van der Waals surface area contributed by atoms with Crippen LogP contribution < -0.4 is 10.1 Å². The maximum absolute atomic E-state index is 13.4. The van der Waals surface area contributed by atoms with Gasteiger partial charge in [0.15, 0.2) is 0 Å². The van der Waals surface area contributed by atoms with Crippen LogP contribution in [0.15, 0.2) is 42.5 Å². The second-order valence-electron chi connectivity index (χ2n) is 7.63. The fraction of sp³-hybridized carbons (Fsp3) is 0.435. The van der Waals surface area contributed by atoms with E-state index in [9.17, 15) is 4.79 Å². The Morgan fingerprint density at radius 2 is 1.79 bits per heavy atom. The Kier molecular flexibility index (Phi) is 7.44. The number of carbonyl (C=O) groups is 1. The summed E-state index contributed by atoms with van der Waals surface area (Å²) in [4.78, 5) is 13.4. The molecule has 6 heteroatoms. The van der Waals surface area contributed by atoms with E-state index in [1.54, 1.807) is 19.2 Å². The van der Waals surface area contributed by atoms with Gasteiger partial charge in [-0.05, 0) is 55.7 Å². The molecule has 1 N–H and O–H groups in total. The number of halogens is 2. The number of methoxy groups -OCH3 is 1. The molecular weight excluding hydrogens is 409 g/mol. The van der Waals surface area contributed by atoms with E-state index in [1.165, 1.54) is 0 Å². The minimum atomic E-state index is -0.544. The number of carbonyl (C=O) groups excluding carboxylic acids is 1. The Morgan fingerprint density at radius 1 is 1.10 bits per heavy atom. The summed E-state index contributed by atoms with van der Waals surface area (Å²) in [5.74, 6) is 0.566. The number of rotatable bonds is 7. The Morgan fingerprint density at radius 3 is 2.41 bits per heavy atom. The molecule has 156 valence electrons. The van der Waals surface area contributed by atoms with Crippen molar-refractivity contribution in [3.05, 3.63) is 58.1 Å². The van der Waals surface area contributed by atoms with Crippen molar-refractivity contribution in [1.82, 2.24) is 0 Å². The van der Waals surface area contributed by atoms with E-state index in [4.69, 9.17) is 32.7 Å². The smallest absolute Gasteiger partial charge is 0.235 e. The van der Waals surface area contributed by atoms with E-state index in [0.717, 1.165) is 37.7 Å². The van der Waals surface area contributed by atoms with Gasteiger partial charge in [-0.2, -0.15) is 0 Å². The van der Waals surface area contributed by atoms with Gasteiger partial charge in [0.1, 0.15) is 11.9 Å². The largest absolute Gasteiger partial charge is 0.487 e. The van der Waals surface area contributed by atoms with Gasteiger partial charge in [-0.3, -0.25) is 4.79 Å². The molecule has 1 atom stereocenters. The van der Waals surface area contributed by atoms with E-state index >= 15 is 0 Å². The van der Waals surface area contributed by atoms with Crippen LogP contribution in [0.4, 0.5) is 5.69 Å². The molecule has 1 amide bonds. The molecule has 0 aromatic heterocycles. The van der Waals surface area contributed by atoms with Crippen LogP contribution in [0.2, 0.25) is 10.0 Å². The van der Waals surface area contributed by atoms with Gasteiger partial charge in [-0.1, -0.05) is 54.6 Å². The summed E-state index contributed by atoms with van der Waals surface area (Å²) in [7, 11) is 1.63. The highest BCUT2D eigenvalue weighted by atomic mass is 35.5. The predicted octanol–water partition coefficient (Wildman–Crippen LogP) is 6.25. The zero-order valence-electron chi connectivity index (χ0n) is 16.8. The molecule has 4 nitrogen and oxygen atoms in total. The first-order chi connectivity index (χ1) is 13.9. The molecule has 1 aliphatic carbocycles. The lowest BCUT2D eigenvalue weighted by molar-refractivity contribution is -0.122. The van der Waals surface area contributed by atoms with Gasteiger partial charge >= 0.3 is 0 Å². The summed E-state index contributed by atoms with van der Waals surface area (Å²) in [6.45, 7) is 2.38. The van der Waals surface area contributed by atoms with Crippen molar-refractivity contribution >= 4 is 34.8 Å². The molecule has 0 aliphatic heterocycles. The number of benzene rings is 2. The summed E-state index contributed by atoms with van der Waals surface area (Å²) < 4.78 is 10.9. The summed E-state index contributed by atoms with van der Waals surface area (Å²) in [6, 6.07) is 13.0. The van der Waals surface area contributed by atoms with Gasteiger partial charge < -0.3 is 14.8 Å². The van der Waals surface area contributed by atoms with Gasteiger partial charge in [0.2, 0.25) is 5.91 Å². The average molecular weight is 436 g/mol. The number of ether oxygens (including phenoxy) is 2. The lowest BCUT2D eigenvalue weighted by atomic mass is 9.68. The molecule has 0 radical (unpaired) electrons. The van der Waals surface area contributed by atoms with Gasteiger partial charge in [-0.15, -0.1) is 0 Å². The molecule has 29 heavy (non-hydrogen) atoms. The predicted molar refractivity (Wildman–Crippen MR) is 118 cm³/mol. The molecule has 1 aliphatic rings. The fourth-order valence-electron chi connectivity index (χ4n) is 3.98. The van der Waals surface area contributed by atoms with Crippen molar-refractivity contribution in [1.29, 1.82) is 0 Å². The number of anilines is 1. The fourth-order valence-corrected chi connectivity index (χ4v) is 4.33. The van der Waals surface area contributed by atoms with Crippen LogP contribution in [-0.4, -0.2) is 25.7 Å². The van der Waals surface area contributed by atoms with Crippen molar-refractivity contribution < 1.29 is 14.3 Å². The molecule has 0 heterocycles. The van der Waals surface area contributed by atoms with Gasteiger partial charge in [0.25, 0.3) is 0 Å². The van der Waals surface area contributed by atoms with Gasteiger partial charge in [-0.25, -0.2) is 0 Å². The molecule has 1 unspecified atom stereocenters. The molecule has 1 fully saturated rings. The summed E-state index contributed by atoms with van der Waals surface area (Å²) in [5, 5.41) is 4.20. The van der Waals surface area contributed by atoms with Crippen molar-refractivity contribution in [3.63, 3.8) is 0 Å². The van der Waals surface area contributed by atoms with Crippen molar-refractivity contribution in [3.8, 4) is 5.75 Å². The second kappa shape index (κ2) is 9.84. The molecule has 2 aromatic rings. The third-order valence-electron chi connectivity index (χ3n) is 5.46. The molecule has 0 saturated heterocycles. The number of nitrogens with one attached hydrogen (secondary N) is 1. The minimum Gasteiger partial charge on any atom is -0.487 e. The van der Waals surface area contributed by atoms with Crippen LogP contribution in [0.25, 0.3) is 0 Å². The van der Waals surface area contributed by atoms with Crippen LogP contribution >= 0.6 is 23.2 Å². The number of hydrogen-bond acceptors (Lipinski definition) is 3. The molecular formula is C23H27Cl2NO3. The maximum atomic E-state index is 13.4. The van der Waals surface area contributed by atoms with Crippen LogP contribution in [0.5, 0.6) is 5.75 Å². The quantitative estimate of drug-likeness (QED) is 0.558. The first-order valence-corrected chi connectivity index (χ1v) is 10.7. The third kappa shape index (κ3) is 5.25. The van der Waals surface area contributed by atoms with E-state index in [1.807, 2.05) is 37.3 Å². The van der Waals surface area contributed by atoms with Crippen molar-refractivity contribution in [2.24, 2.45) is 0 Å². The van der Waals surface area contributed by atoms with Crippen LogP contribution in [0, 0.1) is 0 Å². The minimum absolute atomic E-state index is 0.00277. The van der Waals surface area contributed by atoms with Gasteiger partial charge in [0, 0.05) is 17.8 Å². The van der Waals surface area contributed by atoms with E-state index in [2.05, 4.69) is 5.32 Å². The normalized spacial score (nSPS) is 16.8. The highest BCUT2D eigenvalue weighted by molar-refractivity contribution is 6.32. The van der Waals surface area contributed by atoms with Crippen LogP contribution in [0.3, 0.4) is 0 Å². The maximum Gasteiger partial charge on any atom is 0.235 e. The van der Waals surface area contributed by atoms with E-state index in [0.29, 0.717) is 28.1 Å². The van der Waals surface area contributed by atoms with E-state index in [-0.39, 0.29) is 12.0 Å². The SMILES string of the molecule is COCC(C)Oc1ccc(NC(=O)C2(c3ccc(Cl)cc3)CCCCC2)cc1Cl. The van der Waals surface area contributed by atoms with Crippen molar-refractivity contribution in [2.45, 2.75) is 50.5 Å². The molecule has 0 bridgehead atoms. The van der Waals surface area contributed by atoms with Gasteiger partial charge in [0.05, 0.1) is 17.0 Å². The molecule has 2 aromatic carbocycles. The highest BCUT2D eigenvalue weighted by Gasteiger charge is 2.41. The third-order valence-corrected chi connectivity index (χ3v) is 6.01. The van der Waals surface area contributed by atoms with E-state index < -0.39 is 5.41 Å². The number of hydrogen-bond donors (Lipinski definition) is 1. The highest BCUT2D eigenvalue weighted by Crippen LogP contribution is 2.41. The zero-order chi connectivity index (χ0) is 20.9. The zero-order valence-corrected chi connectivity index (χ0v) is 18.4. The molecule has 1 saturated carbocycles. The lowest BCUT2D eigenvalue weighted by Crippen LogP contribution is -2.42. The first-order valence-electron chi connectivity index (χ1n) is 9.97. The topological polar surface area (TPSA) is 47.6 Å². The summed E-state index contributed by atoms with van der Waals surface area (Å²) in [6.07, 6.45) is 4.74. The first kappa shape index (κ1) is 21.9. The monoisotopic (exact) mass is 435 g/mol. The standard InChI is InChI=1S/C23H27Cl2NO3/c1-16(15-28-2)29-21-11-10-19(14-20(21)25)26-22(27)23(12-4-3-5-13-23)17-6-8-18(24)9-7-17/h6-11,14,16H,3-5,12-13,15H2,1-2H3,(H,26,27).